The van der Waals surface area contributed by atoms with Crippen molar-refractivity contribution >= 4 is 11.7 Å². The standard InChI is InChI=1S/C16H26N2O2/c1-4-6-7-10-17-16(19)18-14-9-8-13(3)12-15(14)20-11-5-2/h8-9,12H,4-7,10-11H2,1-3H3,(H2,17,18,19). The van der Waals surface area contributed by atoms with Gasteiger partial charge in [0, 0.05) is 6.54 Å². The molecule has 0 aliphatic carbocycles. The summed E-state index contributed by atoms with van der Waals surface area (Å²) in [5.74, 6) is 0.732. The number of hydrogen-bond acceptors (Lipinski definition) is 2. The summed E-state index contributed by atoms with van der Waals surface area (Å²) in [6.07, 6.45) is 4.24. The van der Waals surface area contributed by atoms with Gasteiger partial charge in [-0.1, -0.05) is 32.8 Å². The summed E-state index contributed by atoms with van der Waals surface area (Å²) >= 11 is 0. The molecule has 0 atom stereocenters. The van der Waals surface area contributed by atoms with Gasteiger partial charge in [-0.3, -0.25) is 0 Å². The molecule has 112 valence electrons. The Hall–Kier alpha value is -1.71. The van der Waals surface area contributed by atoms with E-state index >= 15 is 0 Å². The molecule has 2 amide bonds. The molecule has 1 aromatic carbocycles. The van der Waals surface area contributed by atoms with Crippen molar-refractivity contribution in [3.63, 3.8) is 0 Å². The molecule has 0 bridgehead atoms. The normalized spacial score (nSPS) is 10.2. The number of carbonyl (C=O) groups excluding carboxylic acids is 1. The van der Waals surface area contributed by atoms with E-state index in [1.165, 1.54) is 0 Å². The maximum absolute atomic E-state index is 11.8. The second-order valence-corrected chi connectivity index (χ2v) is 4.94. The van der Waals surface area contributed by atoms with Gasteiger partial charge in [0.15, 0.2) is 0 Å². The molecule has 0 aromatic heterocycles. The maximum atomic E-state index is 11.8. The van der Waals surface area contributed by atoms with Gasteiger partial charge in [-0.2, -0.15) is 0 Å². The van der Waals surface area contributed by atoms with E-state index in [-0.39, 0.29) is 6.03 Å². The largest absolute Gasteiger partial charge is 0.491 e. The van der Waals surface area contributed by atoms with Crippen LogP contribution in [0.2, 0.25) is 0 Å². The van der Waals surface area contributed by atoms with Crippen LogP contribution >= 0.6 is 0 Å². The summed E-state index contributed by atoms with van der Waals surface area (Å²) in [6.45, 7) is 7.56. The Balaban J connectivity index is 2.54. The summed E-state index contributed by atoms with van der Waals surface area (Å²) in [5, 5.41) is 5.71. The third-order valence-corrected chi connectivity index (χ3v) is 2.91. The van der Waals surface area contributed by atoms with Gasteiger partial charge in [0.25, 0.3) is 0 Å². The van der Waals surface area contributed by atoms with Gasteiger partial charge in [-0.05, 0) is 37.5 Å². The molecule has 1 rings (SSSR count). The number of unbranched alkanes of at least 4 members (excludes halogenated alkanes) is 2. The molecule has 4 nitrogen and oxygen atoms in total. The summed E-state index contributed by atoms with van der Waals surface area (Å²) in [6, 6.07) is 5.62. The molecule has 0 radical (unpaired) electrons. The summed E-state index contributed by atoms with van der Waals surface area (Å²) in [5.41, 5.74) is 1.84. The van der Waals surface area contributed by atoms with E-state index in [9.17, 15) is 4.79 Å². The monoisotopic (exact) mass is 278 g/mol. The summed E-state index contributed by atoms with van der Waals surface area (Å²) in [4.78, 5) is 11.8. The first-order chi connectivity index (χ1) is 9.67. The SMILES string of the molecule is CCCCCNC(=O)Nc1ccc(C)cc1OCCC. The van der Waals surface area contributed by atoms with Crippen LogP contribution < -0.4 is 15.4 Å². The second-order valence-electron chi connectivity index (χ2n) is 4.94. The van der Waals surface area contributed by atoms with Gasteiger partial charge in [0.2, 0.25) is 0 Å². The van der Waals surface area contributed by atoms with Crippen LogP contribution in [-0.4, -0.2) is 19.2 Å². The number of benzene rings is 1. The van der Waals surface area contributed by atoms with Crippen molar-refractivity contribution in [2.45, 2.75) is 46.5 Å². The van der Waals surface area contributed by atoms with Crippen molar-refractivity contribution < 1.29 is 9.53 Å². The quantitative estimate of drug-likeness (QED) is 0.703. The minimum Gasteiger partial charge on any atom is -0.491 e. The summed E-state index contributed by atoms with van der Waals surface area (Å²) < 4.78 is 5.67. The minimum atomic E-state index is -0.175. The lowest BCUT2D eigenvalue weighted by molar-refractivity contribution is 0.251. The van der Waals surface area contributed by atoms with Crippen molar-refractivity contribution in [1.29, 1.82) is 0 Å². The predicted octanol–water partition coefficient (Wildman–Crippen LogP) is 4.10. The van der Waals surface area contributed by atoms with Gasteiger partial charge in [0.1, 0.15) is 5.75 Å². The molecule has 0 unspecified atom stereocenters. The molecule has 0 saturated carbocycles. The number of anilines is 1. The minimum absolute atomic E-state index is 0.175. The van der Waals surface area contributed by atoms with E-state index in [0.29, 0.717) is 13.2 Å². The van der Waals surface area contributed by atoms with Crippen LogP contribution in [0.1, 0.15) is 45.1 Å². The van der Waals surface area contributed by atoms with Crippen molar-refractivity contribution in [2.75, 3.05) is 18.5 Å². The predicted molar refractivity (Wildman–Crippen MR) is 83.5 cm³/mol. The smallest absolute Gasteiger partial charge is 0.319 e. The van der Waals surface area contributed by atoms with Gasteiger partial charge in [-0.25, -0.2) is 4.79 Å². The van der Waals surface area contributed by atoms with E-state index in [1.54, 1.807) is 0 Å². The Kier molecular flexibility index (Phi) is 7.55. The molecule has 4 heteroatoms. The number of aryl methyl sites for hydroxylation is 1. The zero-order valence-corrected chi connectivity index (χ0v) is 12.8. The van der Waals surface area contributed by atoms with Crippen LogP contribution in [0.15, 0.2) is 18.2 Å². The van der Waals surface area contributed by atoms with E-state index < -0.39 is 0 Å². The molecule has 0 fully saturated rings. The number of urea groups is 1. The number of amides is 2. The highest BCUT2D eigenvalue weighted by Gasteiger charge is 2.07. The Morgan fingerprint density at radius 3 is 2.70 bits per heavy atom. The van der Waals surface area contributed by atoms with Crippen LogP contribution in [0.25, 0.3) is 0 Å². The molecule has 0 aliphatic heterocycles. The number of carbonyl (C=O) groups is 1. The van der Waals surface area contributed by atoms with Crippen molar-refractivity contribution in [1.82, 2.24) is 5.32 Å². The topological polar surface area (TPSA) is 50.4 Å². The Labute approximate surface area is 121 Å². The van der Waals surface area contributed by atoms with E-state index in [4.69, 9.17) is 4.74 Å². The first-order valence-corrected chi connectivity index (χ1v) is 7.45. The Morgan fingerprint density at radius 1 is 1.20 bits per heavy atom. The van der Waals surface area contributed by atoms with Gasteiger partial charge < -0.3 is 15.4 Å². The van der Waals surface area contributed by atoms with Crippen LogP contribution in [-0.2, 0) is 0 Å². The molecule has 0 saturated heterocycles. The zero-order valence-electron chi connectivity index (χ0n) is 12.8. The molecule has 0 heterocycles. The Morgan fingerprint density at radius 2 is 2.00 bits per heavy atom. The molecule has 0 aliphatic rings. The first-order valence-electron chi connectivity index (χ1n) is 7.45. The van der Waals surface area contributed by atoms with Gasteiger partial charge >= 0.3 is 6.03 Å². The van der Waals surface area contributed by atoms with Crippen molar-refractivity contribution in [3.8, 4) is 5.75 Å². The van der Waals surface area contributed by atoms with E-state index in [1.807, 2.05) is 25.1 Å². The average Bonchev–Trinajstić information content (AvgIpc) is 2.44. The summed E-state index contributed by atoms with van der Waals surface area (Å²) in [7, 11) is 0. The van der Waals surface area contributed by atoms with Crippen LogP contribution in [0.4, 0.5) is 10.5 Å². The molecule has 2 N–H and O–H groups in total. The number of nitrogens with one attached hydrogen (secondary N) is 2. The average molecular weight is 278 g/mol. The van der Waals surface area contributed by atoms with E-state index in [2.05, 4.69) is 24.5 Å². The molecule has 0 spiro atoms. The van der Waals surface area contributed by atoms with Crippen LogP contribution in [0, 0.1) is 6.92 Å². The van der Waals surface area contributed by atoms with Crippen molar-refractivity contribution in [3.05, 3.63) is 23.8 Å². The van der Waals surface area contributed by atoms with Crippen LogP contribution in [0.5, 0.6) is 5.75 Å². The van der Waals surface area contributed by atoms with Gasteiger partial charge in [-0.15, -0.1) is 0 Å². The number of hydrogen-bond donors (Lipinski definition) is 2. The molecule has 20 heavy (non-hydrogen) atoms. The van der Waals surface area contributed by atoms with Gasteiger partial charge in [0.05, 0.1) is 12.3 Å². The van der Waals surface area contributed by atoms with Crippen LogP contribution in [0.3, 0.4) is 0 Å². The zero-order chi connectivity index (χ0) is 14.8. The maximum Gasteiger partial charge on any atom is 0.319 e. The molecule has 1 aromatic rings. The third kappa shape index (κ3) is 5.95. The van der Waals surface area contributed by atoms with Crippen molar-refractivity contribution in [2.24, 2.45) is 0 Å². The fourth-order valence-corrected chi connectivity index (χ4v) is 1.81. The first kappa shape index (κ1) is 16.3. The lowest BCUT2D eigenvalue weighted by atomic mass is 10.2. The highest BCUT2D eigenvalue weighted by atomic mass is 16.5. The lowest BCUT2D eigenvalue weighted by Crippen LogP contribution is -2.29. The fraction of sp³-hybridized carbons (Fsp3) is 0.562. The van der Waals surface area contributed by atoms with E-state index in [0.717, 1.165) is 42.7 Å². The second kappa shape index (κ2) is 9.23. The fourth-order valence-electron chi connectivity index (χ4n) is 1.81. The highest BCUT2D eigenvalue weighted by molar-refractivity contribution is 5.90. The highest BCUT2D eigenvalue weighted by Crippen LogP contribution is 2.25. The molecular weight excluding hydrogens is 252 g/mol. The Bertz CT molecular complexity index is 419. The number of rotatable bonds is 8. The number of ether oxygens (including phenoxy) is 1. The lowest BCUT2D eigenvalue weighted by Gasteiger charge is -2.13. The molecular formula is C16H26N2O2. The third-order valence-electron chi connectivity index (χ3n) is 2.91.